The van der Waals surface area contributed by atoms with E-state index in [9.17, 15) is 13.2 Å². The van der Waals surface area contributed by atoms with Crippen molar-refractivity contribution in [3.8, 4) is 0 Å². The topological polar surface area (TPSA) is 9.23 Å². The highest BCUT2D eigenvalue weighted by atomic mass is 19.4. The number of ether oxygens (including phenoxy) is 1. The quantitative estimate of drug-likeness (QED) is 0.756. The fourth-order valence-electron chi connectivity index (χ4n) is 1.49. The summed E-state index contributed by atoms with van der Waals surface area (Å²) in [6, 6.07) is 5.53. The monoisotopic (exact) mass is 232 g/mol. The maximum atomic E-state index is 12.7. The molecule has 0 radical (unpaired) electrons. The Bertz CT molecular complexity index is 333. The SMILES string of the molecule is CCCOC(C)c1ccccc1C(F)(F)F. The Balaban J connectivity index is 2.94. The molecule has 0 amide bonds. The summed E-state index contributed by atoms with van der Waals surface area (Å²) >= 11 is 0. The van der Waals surface area contributed by atoms with Gasteiger partial charge in [-0.1, -0.05) is 25.1 Å². The molecular formula is C12H15F3O. The molecule has 1 aromatic carbocycles. The van der Waals surface area contributed by atoms with Gasteiger partial charge in [0.05, 0.1) is 11.7 Å². The molecule has 0 aliphatic rings. The van der Waals surface area contributed by atoms with Crippen LogP contribution < -0.4 is 0 Å². The van der Waals surface area contributed by atoms with Crippen molar-refractivity contribution in [2.75, 3.05) is 6.61 Å². The Labute approximate surface area is 93.2 Å². The first-order valence-electron chi connectivity index (χ1n) is 5.24. The third kappa shape index (κ3) is 3.23. The summed E-state index contributed by atoms with van der Waals surface area (Å²) in [6.45, 7) is 4.02. The van der Waals surface area contributed by atoms with Crippen LogP contribution in [0.25, 0.3) is 0 Å². The van der Waals surface area contributed by atoms with Crippen LogP contribution in [-0.4, -0.2) is 6.61 Å². The lowest BCUT2D eigenvalue weighted by Crippen LogP contribution is -2.12. The minimum Gasteiger partial charge on any atom is -0.374 e. The Kier molecular flexibility index (Phi) is 4.35. The molecule has 4 heteroatoms. The second-order valence-electron chi connectivity index (χ2n) is 3.60. The summed E-state index contributed by atoms with van der Waals surface area (Å²) in [4.78, 5) is 0. The molecule has 0 aromatic heterocycles. The van der Waals surface area contributed by atoms with Crippen molar-refractivity contribution >= 4 is 0 Å². The van der Waals surface area contributed by atoms with Crippen molar-refractivity contribution in [2.24, 2.45) is 0 Å². The maximum Gasteiger partial charge on any atom is 0.416 e. The van der Waals surface area contributed by atoms with Gasteiger partial charge in [-0.3, -0.25) is 0 Å². The molecule has 1 nitrogen and oxygen atoms in total. The lowest BCUT2D eigenvalue weighted by molar-refractivity contribution is -0.139. The summed E-state index contributed by atoms with van der Waals surface area (Å²) in [7, 11) is 0. The molecule has 0 N–H and O–H groups in total. The van der Waals surface area contributed by atoms with E-state index >= 15 is 0 Å². The molecule has 1 rings (SSSR count). The Morgan fingerprint density at radius 1 is 1.25 bits per heavy atom. The highest BCUT2D eigenvalue weighted by molar-refractivity contribution is 5.31. The average molecular weight is 232 g/mol. The zero-order chi connectivity index (χ0) is 12.2. The molecule has 1 aromatic rings. The first-order chi connectivity index (χ1) is 7.46. The van der Waals surface area contributed by atoms with Crippen molar-refractivity contribution in [3.63, 3.8) is 0 Å². The maximum absolute atomic E-state index is 12.7. The highest BCUT2D eigenvalue weighted by Crippen LogP contribution is 2.35. The van der Waals surface area contributed by atoms with Crippen LogP contribution in [-0.2, 0) is 10.9 Å². The van der Waals surface area contributed by atoms with Crippen LogP contribution in [0, 0.1) is 0 Å². The van der Waals surface area contributed by atoms with Crippen molar-refractivity contribution in [1.29, 1.82) is 0 Å². The average Bonchev–Trinajstić information content (AvgIpc) is 2.24. The molecule has 0 fully saturated rings. The standard InChI is InChI=1S/C12H15F3O/c1-3-8-16-9(2)10-6-4-5-7-11(10)12(13,14)15/h4-7,9H,3,8H2,1-2H3. The van der Waals surface area contributed by atoms with Gasteiger partial charge in [-0.15, -0.1) is 0 Å². The van der Waals surface area contributed by atoms with Crippen molar-refractivity contribution in [3.05, 3.63) is 35.4 Å². The van der Waals surface area contributed by atoms with Crippen molar-refractivity contribution in [1.82, 2.24) is 0 Å². The second kappa shape index (κ2) is 5.34. The van der Waals surface area contributed by atoms with Crippen LogP contribution in [0.15, 0.2) is 24.3 Å². The third-order valence-electron chi connectivity index (χ3n) is 2.28. The number of hydrogen-bond donors (Lipinski definition) is 0. The fourth-order valence-corrected chi connectivity index (χ4v) is 1.49. The van der Waals surface area contributed by atoms with Gasteiger partial charge in [0.1, 0.15) is 0 Å². The lowest BCUT2D eigenvalue weighted by atomic mass is 10.0. The summed E-state index contributed by atoms with van der Waals surface area (Å²) in [5.74, 6) is 0. The first-order valence-corrected chi connectivity index (χ1v) is 5.24. The van der Waals surface area contributed by atoms with Crippen molar-refractivity contribution in [2.45, 2.75) is 32.5 Å². The van der Waals surface area contributed by atoms with E-state index in [0.29, 0.717) is 6.61 Å². The van der Waals surface area contributed by atoms with E-state index in [-0.39, 0.29) is 5.56 Å². The third-order valence-corrected chi connectivity index (χ3v) is 2.28. The predicted molar refractivity (Wildman–Crippen MR) is 56.1 cm³/mol. The van der Waals surface area contributed by atoms with Gasteiger partial charge in [-0.05, 0) is 25.0 Å². The zero-order valence-corrected chi connectivity index (χ0v) is 9.34. The van der Waals surface area contributed by atoms with Gasteiger partial charge in [0.15, 0.2) is 0 Å². The number of hydrogen-bond acceptors (Lipinski definition) is 1. The van der Waals surface area contributed by atoms with Crippen LogP contribution in [0.4, 0.5) is 13.2 Å². The van der Waals surface area contributed by atoms with Crippen LogP contribution in [0.2, 0.25) is 0 Å². The molecule has 1 unspecified atom stereocenters. The summed E-state index contributed by atoms with van der Waals surface area (Å²) < 4.78 is 43.3. The van der Waals surface area contributed by atoms with Gasteiger partial charge in [0, 0.05) is 6.61 Å². The largest absolute Gasteiger partial charge is 0.416 e. The Hall–Kier alpha value is -1.03. The van der Waals surface area contributed by atoms with Crippen LogP contribution >= 0.6 is 0 Å². The fraction of sp³-hybridized carbons (Fsp3) is 0.500. The van der Waals surface area contributed by atoms with Gasteiger partial charge in [-0.2, -0.15) is 13.2 Å². The summed E-state index contributed by atoms with van der Waals surface area (Å²) in [5.41, 5.74) is -0.415. The zero-order valence-electron chi connectivity index (χ0n) is 9.34. The van der Waals surface area contributed by atoms with E-state index in [2.05, 4.69) is 0 Å². The molecule has 0 bridgehead atoms. The van der Waals surface area contributed by atoms with Crippen molar-refractivity contribution < 1.29 is 17.9 Å². The van der Waals surface area contributed by atoms with Gasteiger partial charge in [0.2, 0.25) is 0 Å². The predicted octanol–water partition coefficient (Wildman–Crippen LogP) is 4.19. The van der Waals surface area contributed by atoms with E-state index in [1.807, 2.05) is 6.92 Å². The van der Waals surface area contributed by atoms with E-state index in [1.54, 1.807) is 13.0 Å². The molecule has 16 heavy (non-hydrogen) atoms. The molecule has 1 atom stereocenters. The van der Waals surface area contributed by atoms with E-state index in [4.69, 9.17) is 4.74 Å². The minimum absolute atomic E-state index is 0.198. The van der Waals surface area contributed by atoms with E-state index in [0.717, 1.165) is 12.5 Å². The summed E-state index contributed by atoms with van der Waals surface area (Å²) in [6.07, 6.45) is -4.06. The normalized spacial score (nSPS) is 13.8. The highest BCUT2D eigenvalue weighted by Gasteiger charge is 2.34. The molecule has 90 valence electrons. The van der Waals surface area contributed by atoms with Gasteiger partial charge < -0.3 is 4.74 Å². The number of benzene rings is 1. The van der Waals surface area contributed by atoms with Crippen LogP contribution in [0.3, 0.4) is 0 Å². The number of halogens is 3. The molecule has 0 aliphatic heterocycles. The molecule has 0 heterocycles. The molecule has 0 aliphatic carbocycles. The molecule has 0 saturated heterocycles. The lowest BCUT2D eigenvalue weighted by Gasteiger charge is -2.18. The van der Waals surface area contributed by atoms with Crippen LogP contribution in [0.1, 0.15) is 37.5 Å². The molecule has 0 saturated carbocycles. The smallest absolute Gasteiger partial charge is 0.374 e. The number of alkyl halides is 3. The van der Waals surface area contributed by atoms with Gasteiger partial charge in [-0.25, -0.2) is 0 Å². The van der Waals surface area contributed by atoms with E-state index in [1.165, 1.54) is 12.1 Å². The van der Waals surface area contributed by atoms with E-state index < -0.39 is 17.8 Å². The number of rotatable bonds is 4. The first kappa shape index (κ1) is 13.0. The summed E-state index contributed by atoms with van der Waals surface area (Å²) in [5, 5.41) is 0. The minimum atomic E-state index is -4.32. The van der Waals surface area contributed by atoms with Crippen LogP contribution in [0.5, 0.6) is 0 Å². The van der Waals surface area contributed by atoms with Gasteiger partial charge >= 0.3 is 6.18 Å². The molecular weight excluding hydrogens is 217 g/mol. The molecule has 0 spiro atoms. The van der Waals surface area contributed by atoms with Gasteiger partial charge in [0.25, 0.3) is 0 Å². The second-order valence-corrected chi connectivity index (χ2v) is 3.60. The Morgan fingerprint density at radius 3 is 2.44 bits per heavy atom. The Morgan fingerprint density at radius 2 is 1.88 bits per heavy atom.